The first-order valence-electron chi connectivity index (χ1n) is 11.8. The first-order valence-corrected chi connectivity index (χ1v) is 12.2. The van der Waals surface area contributed by atoms with Gasteiger partial charge in [0.2, 0.25) is 5.91 Å². The van der Waals surface area contributed by atoms with Gasteiger partial charge in [0.1, 0.15) is 5.75 Å². The Balaban J connectivity index is 1.46. The number of carbonyl (C=O) groups excluding carboxylic acids is 2. The van der Waals surface area contributed by atoms with Crippen LogP contribution in [0.5, 0.6) is 5.75 Å². The fraction of sp³-hybridized carbons (Fsp3) is 0.520. The van der Waals surface area contributed by atoms with Gasteiger partial charge in [-0.1, -0.05) is 30.3 Å². The number of nitrogens with zero attached hydrogens (tertiary/aromatic N) is 2. The van der Waals surface area contributed by atoms with E-state index in [1.54, 1.807) is 24.3 Å². The summed E-state index contributed by atoms with van der Waals surface area (Å²) >= 11 is 6.12. The minimum absolute atomic E-state index is 0.0513. The molecule has 0 saturated carbocycles. The summed E-state index contributed by atoms with van der Waals surface area (Å²) in [6.07, 6.45) is 6.76. The topological polar surface area (TPSA) is 97.1 Å². The lowest BCUT2D eigenvalue weighted by molar-refractivity contribution is -0.127. The lowest BCUT2D eigenvalue weighted by Gasteiger charge is -2.38. The van der Waals surface area contributed by atoms with Crippen LogP contribution < -0.4 is 15.8 Å². The Morgan fingerprint density at radius 1 is 1.32 bits per heavy atom. The van der Waals surface area contributed by atoms with Crippen molar-refractivity contribution in [3.8, 4) is 5.75 Å². The van der Waals surface area contributed by atoms with Crippen LogP contribution in [-0.2, 0) is 9.53 Å². The van der Waals surface area contributed by atoms with Crippen LogP contribution in [-0.4, -0.2) is 80.2 Å². The van der Waals surface area contributed by atoms with E-state index in [1.165, 1.54) is 6.07 Å². The number of carbonyl (C=O) groups is 2. The van der Waals surface area contributed by atoms with Gasteiger partial charge >= 0.3 is 0 Å². The smallest absolute Gasteiger partial charge is 0.255 e. The maximum Gasteiger partial charge on any atom is 0.255 e. The molecule has 1 unspecified atom stereocenters. The zero-order chi connectivity index (χ0) is 24.5. The van der Waals surface area contributed by atoms with Crippen molar-refractivity contribution in [2.75, 3.05) is 58.2 Å². The Morgan fingerprint density at radius 2 is 2.09 bits per heavy atom. The number of morpholine rings is 1. The molecular weight excluding hydrogens is 456 g/mol. The van der Waals surface area contributed by atoms with Gasteiger partial charge in [-0.25, -0.2) is 0 Å². The maximum absolute atomic E-state index is 12.8. The SMILES string of the molecule is C=CC=CC(=O)N1CCC(CN2CCOC(CNC(=O)c3cc(Cl)c(N)cc3OCC)C2)CC1. The number of rotatable bonds is 9. The molecule has 2 heterocycles. The first kappa shape index (κ1) is 26.1. The Kier molecular flexibility index (Phi) is 9.80. The van der Waals surface area contributed by atoms with E-state index in [0.717, 1.165) is 45.6 Å². The zero-order valence-electron chi connectivity index (χ0n) is 19.8. The predicted molar refractivity (Wildman–Crippen MR) is 134 cm³/mol. The third-order valence-corrected chi connectivity index (χ3v) is 6.50. The van der Waals surface area contributed by atoms with E-state index in [1.807, 2.05) is 11.8 Å². The van der Waals surface area contributed by atoms with Gasteiger partial charge in [-0.2, -0.15) is 0 Å². The molecule has 1 aromatic rings. The number of hydrogen-bond donors (Lipinski definition) is 2. The van der Waals surface area contributed by atoms with Gasteiger partial charge in [-0.05, 0) is 31.7 Å². The Hall–Kier alpha value is -2.55. The van der Waals surface area contributed by atoms with Crippen LogP contribution in [0, 0.1) is 5.92 Å². The molecule has 186 valence electrons. The van der Waals surface area contributed by atoms with Gasteiger partial charge in [0.25, 0.3) is 5.91 Å². The van der Waals surface area contributed by atoms with Gasteiger partial charge in [-0.15, -0.1) is 0 Å². The number of nitrogen functional groups attached to an aromatic ring is 1. The highest BCUT2D eigenvalue weighted by atomic mass is 35.5. The summed E-state index contributed by atoms with van der Waals surface area (Å²) in [7, 11) is 0. The van der Waals surface area contributed by atoms with Crippen molar-refractivity contribution in [1.29, 1.82) is 0 Å². The van der Waals surface area contributed by atoms with Crippen LogP contribution in [0.3, 0.4) is 0 Å². The van der Waals surface area contributed by atoms with Crippen molar-refractivity contribution in [2.24, 2.45) is 5.92 Å². The quantitative estimate of drug-likeness (QED) is 0.314. The maximum atomic E-state index is 12.8. The summed E-state index contributed by atoms with van der Waals surface area (Å²) in [5.74, 6) is 0.744. The minimum Gasteiger partial charge on any atom is -0.493 e. The highest BCUT2D eigenvalue weighted by molar-refractivity contribution is 6.33. The van der Waals surface area contributed by atoms with Crippen molar-refractivity contribution in [1.82, 2.24) is 15.1 Å². The molecule has 1 atom stereocenters. The van der Waals surface area contributed by atoms with Crippen LogP contribution in [0.25, 0.3) is 0 Å². The second kappa shape index (κ2) is 12.8. The van der Waals surface area contributed by atoms with Gasteiger partial charge in [0.15, 0.2) is 0 Å². The molecule has 0 bridgehead atoms. The molecule has 9 heteroatoms. The van der Waals surface area contributed by atoms with E-state index in [-0.39, 0.29) is 17.9 Å². The minimum atomic E-state index is -0.270. The molecule has 0 radical (unpaired) electrons. The second-order valence-electron chi connectivity index (χ2n) is 8.63. The van der Waals surface area contributed by atoms with E-state index in [4.69, 9.17) is 26.8 Å². The van der Waals surface area contributed by atoms with Crippen LogP contribution in [0.15, 0.2) is 36.9 Å². The number of hydrogen-bond acceptors (Lipinski definition) is 6. The molecule has 0 spiro atoms. The molecule has 2 aliphatic heterocycles. The van der Waals surface area contributed by atoms with E-state index in [2.05, 4.69) is 16.8 Å². The summed E-state index contributed by atoms with van der Waals surface area (Å²) in [5, 5.41) is 3.26. The number of anilines is 1. The summed E-state index contributed by atoms with van der Waals surface area (Å²) in [4.78, 5) is 29.2. The Bertz CT molecular complexity index is 899. The number of benzene rings is 1. The van der Waals surface area contributed by atoms with Crippen LogP contribution >= 0.6 is 11.6 Å². The van der Waals surface area contributed by atoms with Gasteiger partial charge in [0, 0.05) is 51.4 Å². The molecule has 0 aliphatic carbocycles. The number of nitrogens with two attached hydrogens (primary N) is 1. The standard InChI is InChI=1S/C25H35ClN4O4/c1-3-5-6-24(31)30-9-7-18(8-10-30)16-29-11-12-34-19(17-29)15-28-25(32)20-13-21(26)22(27)14-23(20)33-4-2/h3,5-6,13-14,18-19H,1,4,7-12,15-17,27H2,2H3,(H,28,32). The van der Waals surface area contributed by atoms with Crippen molar-refractivity contribution in [3.63, 3.8) is 0 Å². The second-order valence-corrected chi connectivity index (χ2v) is 9.04. The van der Waals surface area contributed by atoms with E-state index < -0.39 is 0 Å². The number of amides is 2. The van der Waals surface area contributed by atoms with E-state index in [9.17, 15) is 9.59 Å². The average Bonchev–Trinajstić information content (AvgIpc) is 2.84. The largest absolute Gasteiger partial charge is 0.493 e. The fourth-order valence-corrected chi connectivity index (χ4v) is 4.51. The highest BCUT2D eigenvalue weighted by Crippen LogP contribution is 2.29. The molecule has 8 nitrogen and oxygen atoms in total. The number of likely N-dealkylation sites (tertiary alicyclic amines) is 1. The molecule has 1 aromatic carbocycles. The normalized spacial score (nSPS) is 19.8. The lowest BCUT2D eigenvalue weighted by atomic mass is 9.95. The fourth-order valence-electron chi connectivity index (χ4n) is 4.35. The number of piperidine rings is 1. The molecule has 3 rings (SSSR count). The summed E-state index contributed by atoms with van der Waals surface area (Å²) in [6.45, 7) is 11.0. The van der Waals surface area contributed by atoms with Gasteiger partial charge in [-0.3, -0.25) is 14.5 Å². The molecule has 0 aromatic heterocycles. The predicted octanol–water partition coefficient (Wildman–Crippen LogP) is 2.73. The van der Waals surface area contributed by atoms with Gasteiger partial charge in [0.05, 0.1) is 35.6 Å². The molecule has 2 amide bonds. The zero-order valence-corrected chi connectivity index (χ0v) is 20.6. The van der Waals surface area contributed by atoms with Gasteiger partial charge < -0.3 is 25.4 Å². The Labute approximate surface area is 206 Å². The van der Waals surface area contributed by atoms with Crippen molar-refractivity contribution >= 4 is 29.1 Å². The number of halogens is 1. The summed E-state index contributed by atoms with van der Waals surface area (Å²) in [5.41, 5.74) is 6.58. The third-order valence-electron chi connectivity index (χ3n) is 6.17. The van der Waals surface area contributed by atoms with E-state index in [0.29, 0.717) is 47.7 Å². The van der Waals surface area contributed by atoms with Crippen molar-refractivity contribution in [2.45, 2.75) is 25.9 Å². The highest BCUT2D eigenvalue weighted by Gasteiger charge is 2.27. The number of ether oxygens (including phenoxy) is 2. The van der Waals surface area contributed by atoms with Crippen molar-refractivity contribution in [3.05, 3.63) is 47.5 Å². The number of allylic oxidation sites excluding steroid dienone is 2. The third kappa shape index (κ3) is 7.22. The summed E-state index contributed by atoms with van der Waals surface area (Å²) in [6, 6.07) is 3.11. The number of nitrogens with one attached hydrogen (secondary N) is 1. The molecule has 2 aliphatic rings. The van der Waals surface area contributed by atoms with E-state index >= 15 is 0 Å². The summed E-state index contributed by atoms with van der Waals surface area (Å²) < 4.78 is 11.4. The van der Waals surface area contributed by atoms with Crippen LogP contribution in [0.1, 0.15) is 30.1 Å². The molecular formula is C25H35ClN4O4. The van der Waals surface area contributed by atoms with Crippen LogP contribution in [0.4, 0.5) is 5.69 Å². The lowest BCUT2D eigenvalue weighted by Crippen LogP contribution is -2.49. The average molecular weight is 491 g/mol. The molecule has 2 saturated heterocycles. The first-order chi connectivity index (χ1) is 16.4. The Morgan fingerprint density at radius 3 is 2.79 bits per heavy atom. The monoisotopic (exact) mass is 490 g/mol. The molecule has 2 fully saturated rings. The molecule has 34 heavy (non-hydrogen) atoms. The van der Waals surface area contributed by atoms with Crippen molar-refractivity contribution < 1.29 is 19.1 Å². The molecule has 3 N–H and O–H groups in total. The van der Waals surface area contributed by atoms with Crippen LogP contribution in [0.2, 0.25) is 5.02 Å².